The minimum Gasteiger partial charge on any atom is -0.491 e. The number of hydrogen-bond donors (Lipinski definition) is 0. The molecule has 3 aromatic rings. The summed E-state index contributed by atoms with van der Waals surface area (Å²) in [5, 5.41) is 5.93. The Bertz CT molecular complexity index is 962. The highest BCUT2D eigenvalue weighted by molar-refractivity contribution is 8.02. The number of rotatable bonds is 7. The fraction of sp³-hybridized carbons (Fsp3) is 0.227. The zero-order valence-electron chi connectivity index (χ0n) is 16.3. The van der Waals surface area contributed by atoms with Gasteiger partial charge in [0.05, 0.1) is 18.8 Å². The van der Waals surface area contributed by atoms with E-state index in [1.54, 1.807) is 22.0 Å². The predicted octanol–water partition coefficient (Wildman–Crippen LogP) is 3.18. The number of morpholine rings is 1. The number of hydrogen-bond acceptors (Lipinski definition) is 6. The summed E-state index contributed by atoms with van der Waals surface area (Å²) >= 11 is 1.53. The van der Waals surface area contributed by atoms with E-state index in [-0.39, 0.29) is 12.0 Å². The lowest BCUT2D eigenvalue weighted by Gasteiger charge is -2.32. The second kappa shape index (κ2) is 10.1. The second-order valence-electron chi connectivity index (χ2n) is 6.66. The number of carbonyl (C=O) groups excluding carboxylic acids is 1. The number of nitrogens with zero attached hydrogens (tertiary/aromatic N) is 4. The summed E-state index contributed by atoms with van der Waals surface area (Å²) < 4.78 is 13.3. The SMILES string of the molecule is O=C(/C=C/Sc1ccccc1)N1CCOC(COc2ccc(-n3cncn3)cc2)C1. The molecule has 1 atom stereocenters. The first-order chi connectivity index (χ1) is 14.8. The Morgan fingerprint density at radius 2 is 2.03 bits per heavy atom. The van der Waals surface area contributed by atoms with Gasteiger partial charge in [-0.05, 0) is 41.8 Å². The molecule has 1 aliphatic heterocycles. The molecule has 1 saturated heterocycles. The van der Waals surface area contributed by atoms with Gasteiger partial charge in [-0.3, -0.25) is 4.79 Å². The minimum atomic E-state index is -0.159. The van der Waals surface area contributed by atoms with E-state index >= 15 is 0 Å². The normalized spacial score (nSPS) is 16.7. The van der Waals surface area contributed by atoms with Crippen LogP contribution in [0, 0.1) is 0 Å². The largest absolute Gasteiger partial charge is 0.491 e. The van der Waals surface area contributed by atoms with E-state index < -0.39 is 0 Å². The molecule has 8 heteroatoms. The average molecular weight is 423 g/mol. The Morgan fingerprint density at radius 1 is 1.20 bits per heavy atom. The lowest BCUT2D eigenvalue weighted by Crippen LogP contribution is -2.47. The van der Waals surface area contributed by atoms with E-state index in [1.165, 1.54) is 18.1 Å². The second-order valence-corrected chi connectivity index (χ2v) is 7.63. The fourth-order valence-electron chi connectivity index (χ4n) is 3.02. The minimum absolute atomic E-state index is 0.0103. The van der Waals surface area contributed by atoms with E-state index in [0.29, 0.717) is 26.3 Å². The molecule has 4 rings (SSSR count). The van der Waals surface area contributed by atoms with Crippen LogP contribution in [0.5, 0.6) is 5.75 Å². The van der Waals surface area contributed by atoms with Crippen LogP contribution in [0.2, 0.25) is 0 Å². The summed E-state index contributed by atoms with van der Waals surface area (Å²) in [5.41, 5.74) is 0.908. The van der Waals surface area contributed by atoms with E-state index in [1.807, 2.05) is 60.0 Å². The third kappa shape index (κ3) is 5.49. The maximum Gasteiger partial charge on any atom is 0.247 e. The number of amides is 1. The van der Waals surface area contributed by atoms with Gasteiger partial charge in [-0.2, -0.15) is 5.10 Å². The molecule has 0 N–H and O–H groups in total. The number of ether oxygens (including phenoxy) is 2. The van der Waals surface area contributed by atoms with Crippen LogP contribution in [-0.2, 0) is 9.53 Å². The van der Waals surface area contributed by atoms with Gasteiger partial charge in [0, 0.05) is 17.5 Å². The summed E-state index contributed by atoms with van der Waals surface area (Å²) in [4.78, 5) is 19.3. The van der Waals surface area contributed by atoms with Crippen molar-refractivity contribution in [3.8, 4) is 11.4 Å². The molecule has 0 bridgehead atoms. The zero-order valence-corrected chi connectivity index (χ0v) is 17.1. The first-order valence-corrected chi connectivity index (χ1v) is 10.5. The van der Waals surface area contributed by atoms with Crippen molar-refractivity contribution in [3.63, 3.8) is 0 Å². The predicted molar refractivity (Wildman–Crippen MR) is 115 cm³/mol. The monoisotopic (exact) mass is 422 g/mol. The Hall–Kier alpha value is -3.10. The topological polar surface area (TPSA) is 69.5 Å². The standard InChI is InChI=1S/C22H22N4O3S/c27-22(10-13-30-21-4-2-1-3-5-21)25-11-12-28-20(14-25)15-29-19-8-6-18(7-9-19)26-17-23-16-24-26/h1-10,13,16-17,20H,11-12,14-15H2/b13-10+. The third-order valence-electron chi connectivity index (χ3n) is 4.56. The summed E-state index contributed by atoms with van der Waals surface area (Å²) in [7, 11) is 0. The fourth-order valence-corrected chi connectivity index (χ4v) is 3.68. The van der Waals surface area contributed by atoms with Crippen molar-refractivity contribution in [3.05, 3.63) is 78.7 Å². The van der Waals surface area contributed by atoms with Crippen molar-refractivity contribution in [2.45, 2.75) is 11.0 Å². The number of carbonyl (C=O) groups is 1. The molecule has 1 aliphatic rings. The molecule has 1 amide bonds. The van der Waals surface area contributed by atoms with E-state index in [2.05, 4.69) is 10.1 Å². The number of thioether (sulfide) groups is 1. The van der Waals surface area contributed by atoms with E-state index in [9.17, 15) is 4.79 Å². The van der Waals surface area contributed by atoms with Gasteiger partial charge in [0.2, 0.25) is 5.91 Å². The van der Waals surface area contributed by atoms with E-state index in [0.717, 1.165) is 16.3 Å². The Kier molecular flexibility index (Phi) is 6.79. The van der Waals surface area contributed by atoms with Crippen molar-refractivity contribution in [1.29, 1.82) is 0 Å². The molecule has 1 fully saturated rings. The summed E-state index contributed by atoms with van der Waals surface area (Å²) in [6, 6.07) is 17.5. The van der Waals surface area contributed by atoms with Crippen LogP contribution in [-0.4, -0.2) is 58.0 Å². The molecular formula is C22H22N4O3S. The van der Waals surface area contributed by atoms with Crippen LogP contribution in [0.15, 0.2) is 83.6 Å². The average Bonchev–Trinajstić information content (AvgIpc) is 3.34. The van der Waals surface area contributed by atoms with Gasteiger partial charge in [0.1, 0.15) is 31.1 Å². The van der Waals surface area contributed by atoms with Gasteiger partial charge >= 0.3 is 0 Å². The van der Waals surface area contributed by atoms with Crippen molar-refractivity contribution in [1.82, 2.24) is 19.7 Å². The van der Waals surface area contributed by atoms with Crippen LogP contribution in [0.25, 0.3) is 5.69 Å². The molecule has 0 saturated carbocycles. The van der Waals surface area contributed by atoms with Gasteiger partial charge in [-0.25, -0.2) is 9.67 Å². The van der Waals surface area contributed by atoms with Crippen molar-refractivity contribution >= 4 is 17.7 Å². The molecule has 154 valence electrons. The van der Waals surface area contributed by atoms with Crippen LogP contribution in [0.1, 0.15) is 0 Å². The Labute approximate surface area is 179 Å². The molecule has 0 aliphatic carbocycles. The molecule has 1 unspecified atom stereocenters. The quantitative estimate of drug-likeness (QED) is 0.430. The maximum absolute atomic E-state index is 12.5. The molecular weight excluding hydrogens is 400 g/mol. The molecule has 0 spiro atoms. The summed E-state index contributed by atoms with van der Waals surface area (Å²) in [6.45, 7) is 1.98. The lowest BCUT2D eigenvalue weighted by atomic mass is 10.2. The summed E-state index contributed by atoms with van der Waals surface area (Å²) in [6.07, 6.45) is 4.59. The zero-order chi connectivity index (χ0) is 20.6. The van der Waals surface area contributed by atoms with Crippen LogP contribution in [0.4, 0.5) is 0 Å². The van der Waals surface area contributed by atoms with Crippen LogP contribution >= 0.6 is 11.8 Å². The van der Waals surface area contributed by atoms with Gasteiger partial charge < -0.3 is 14.4 Å². The van der Waals surface area contributed by atoms with Gasteiger partial charge in [0.15, 0.2) is 0 Å². The first-order valence-electron chi connectivity index (χ1n) is 9.64. The van der Waals surface area contributed by atoms with Crippen LogP contribution < -0.4 is 4.74 Å². The third-order valence-corrected chi connectivity index (χ3v) is 5.38. The molecule has 1 aromatic heterocycles. The van der Waals surface area contributed by atoms with Crippen molar-refractivity contribution < 1.29 is 14.3 Å². The molecule has 0 radical (unpaired) electrons. The van der Waals surface area contributed by atoms with Crippen molar-refractivity contribution in [2.24, 2.45) is 0 Å². The van der Waals surface area contributed by atoms with E-state index in [4.69, 9.17) is 9.47 Å². The lowest BCUT2D eigenvalue weighted by molar-refractivity contribution is -0.134. The summed E-state index contributed by atoms with van der Waals surface area (Å²) in [5.74, 6) is 0.731. The Morgan fingerprint density at radius 3 is 2.80 bits per heavy atom. The van der Waals surface area contributed by atoms with Crippen molar-refractivity contribution in [2.75, 3.05) is 26.3 Å². The van der Waals surface area contributed by atoms with Crippen LogP contribution in [0.3, 0.4) is 0 Å². The highest BCUT2D eigenvalue weighted by Gasteiger charge is 2.23. The first kappa shape index (κ1) is 20.2. The number of aromatic nitrogens is 3. The van der Waals surface area contributed by atoms with Gasteiger partial charge in [-0.15, -0.1) is 0 Å². The Balaban J connectivity index is 1.25. The molecule has 7 nitrogen and oxygen atoms in total. The van der Waals surface area contributed by atoms with Gasteiger partial charge in [-0.1, -0.05) is 30.0 Å². The highest BCUT2D eigenvalue weighted by Crippen LogP contribution is 2.19. The maximum atomic E-state index is 12.5. The smallest absolute Gasteiger partial charge is 0.247 e. The molecule has 2 heterocycles. The number of benzene rings is 2. The van der Waals surface area contributed by atoms with Gasteiger partial charge in [0.25, 0.3) is 0 Å². The highest BCUT2D eigenvalue weighted by atomic mass is 32.2. The molecule has 30 heavy (non-hydrogen) atoms. The molecule has 2 aromatic carbocycles.